The molecule has 1 rings (SSSR count). The summed E-state index contributed by atoms with van der Waals surface area (Å²) in [7, 11) is 1.61. The van der Waals surface area contributed by atoms with Crippen molar-refractivity contribution in [3.05, 3.63) is 23.9 Å². The molecule has 54 valence electrons. The summed E-state index contributed by atoms with van der Waals surface area (Å²) in [5.41, 5.74) is 0.986. The van der Waals surface area contributed by atoms with E-state index >= 15 is 0 Å². The Morgan fingerprint density at radius 2 is 2.40 bits per heavy atom. The Balaban J connectivity index is 2.87. The molecule has 1 heterocycles. The van der Waals surface area contributed by atoms with Gasteiger partial charge in [0.15, 0.2) is 0 Å². The van der Waals surface area contributed by atoms with Crippen molar-refractivity contribution < 1.29 is 4.74 Å². The van der Waals surface area contributed by atoms with Crippen molar-refractivity contribution in [3.63, 3.8) is 0 Å². The summed E-state index contributed by atoms with van der Waals surface area (Å²) in [5, 5.41) is 0.768. The fourth-order valence-corrected chi connectivity index (χ4v) is 0.958. The van der Waals surface area contributed by atoms with Crippen molar-refractivity contribution in [1.82, 2.24) is 4.98 Å². The molecule has 1 aromatic rings. The number of aromatic nitrogens is 1. The number of rotatable bonds is 2. The zero-order chi connectivity index (χ0) is 7.40. The lowest BCUT2D eigenvalue weighted by molar-refractivity contribution is 0.397. The summed E-state index contributed by atoms with van der Waals surface area (Å²) in [6, 6.07) is 5.69. The van der Waals surface area contributed by atoms with Gasteiger partial charge in [0.25, 0.3) is 0 Å². The maximum absolute atomic E-state index is 4.92. The third-order valence-electron chi connectivity index (χ3n) is 1.13. The van der Waals surface area contributed by atoms with E-state index in [-0.39, 0.29) is 0 Å². The fraction of sp³-hybridized carbons (Fsp3) is 0.286. The summed E-state index contributed by atoms with van der Waals surface area (Å²) in [6.45, 7) is 0. The van der Waals surface area contributed by atoms with Gasteiger partial charge in [-0.2, -0.15) is 0 Å². The number of nitrogens with zero attached hydrogens (tertiary/aromatic N) is 1. The summed E-state index contributed by atoms with van der Waals surface area (Å²) < 4.78 is 4.92. The quantitative estimate of drug-likeness (QED) is 0.684. The first-order valence-electron chi connectivity index (χ1n) is 2.92. The second-order valence-corrected chi connectivity index (χ2v) is 2.37. The van der Waals surface area contributed by atoms with Crippen molar-refractivity contribution >= 4 is 15.9 Å². The lowest BCUT2D eigenvalue weighted by Crippen LogP contribution is -1.89. The van der Waals surface area contributed by atoms with Crippen LogP contribution >= 0.6 is 15.9 Å². The number of pyridine rings is 1. The molecule has 0 atom stereocenters. The minimum Gasteiger partial charge on any atom is -0.481 e. The topological polar surface area (TPSA) is 22.1 Å². The molecule has 0 spiro atoms. The van der Waals surface area contributed by atoms with Crippen LogP contribution in [0, 0.1) is 0 Å². The molecule has 0 aliphatic rings. The van der Waals surface area contributed by atoms with E-state index < -0.39 is 0 Å². The molecule has 0 aliphatic carbocycles. The summed E-state index contributed by atoms with van der Waals surface area (Å²) in [5.74, 6) is 0.664. The van der Waals surface area contributed by atoms with Crippen LogP contribution in [0.15, 0.2) is 18.2 Å². The van der Waals surface area contributed by atoms with Gasteiger partial charge in [0.05, 0.1) is 12.8 Å². The van der Waals surface area contributed by atoms with Crippen LogP contribution in [0.2, 0.25) is 0 Å². The van der Waals surface area contributed by atoms with Crippen LogP contribution in [0.4, 0.5) is 0 Å². The molecule has 0 unspecified atom stereocenters. The maximum Gasteiger partial charge on any atom is 0.213 e. The van der Waals surface area contributed by atoms with Crippen molar-refractivity contribution in [2.24, 2.45) is 0 Å². The molecular formula is C7H8BrNO. The molecule has 10 heavy (non-hydrogen) atoms. The molecule has 3 heteroatoms. The van der Waals surface area contributed by atoms with Crippen molar-refractivity contribution in [2.45, 2.75) is 5.33 Å². The molecule has 0 amide bonds. The Labute approximate surface area is 68.4 Å². The van der Waals surface area contributed by atoms with Crippen LogP contribution in [0.1, 0.15) is 5.69 Å². The van der Waals surface area contributed by atoms with Gasteiger partial charge >= 0.3 is 0 Å². The van der Waals surface area contributed by atoms with Gasteiger partial charge < -0.3 is 4.74 Å². The lowest BCUT2D eigenvalue weighted by atomic mass is 10.4. The molecule has 0 saturated heterocycles. The Hall–Kier alpha value is -0.570. The predicted octanol–water partition coefficient (Wildman–Crippen LogP) is 1.99. The average Bonchev–Trinajstić information content (AvgIpc) is 2.05. The van der Waals surface area contributed by atoms with Gasteiger partial charge in [-0.25, -0.2) is 4.98 Å². The summed E-state index contributed by atoms with van der Waals surface area (Å²) in [4.78, 5) is 4.14. The van der Waals surface area contributed by atoms with E-state index in [2.05, 4.69) is 20.9 Å². The number of halogens is 1. The van der Waals surface area contributed by atoms with E-state index in [1.807, 2.05) is 18.2 Å². The zero-order valence-corrected chi connectivity index (χ0v) is 7.26. The van der Waals surface area contributed by atoms with Gasteiger partial charge in [0.1, 0.15) is 0 Å². The predicted molar refractivity (Wildman–Crippen MR) is 43.4 cm³/mol. The van der Waals surface area contributed by atoms with Crippen LogP contribution in [0.5, 0.6) is 5.88 Å². The number of ether oxygens (including phenoxy) is 1. The van der Waals surface area contributed by atoms with Crippen LogP contribution in [0.25, 0.3) is 0 Å². The summed E-state index contributed by atoms with van der Waals surface area (Å²) in [6.07, 6.45) is 0. The second kappa shape index (κ2) is 3.56. The van der Waals surface area contributed by atoms with Gasteiger partial charge in [0.2, 0.25) is 5.88 Å². The lowest BCUT2D eigenvalue weighted by Gasteiger charge is -1.98. The molecular weight excluding hydrogens is 194 g/mol. The first-order chi connectivity index (χ1) is 4.86. The Morgan fingerprint density at radius 1 is 1.60 bits per heavy atom. The van der Waals surface area contributed by atoms with E-state index in [4.69, 9.17) is 4.74 Å². The van der Waals surface area contributed by atoms with Crippen molar-refractivity contribution in [1.29, 1.82) is 0 Å². The largest absolute Gasteiger partial charge is 0.481 e. The van der Waals surface area contributed by atoms with Crippen LogP contribution in [0.3, 0.4) is 0 Å². The van der Waals surface area contributed by atoms with Crippen LogP contribution in [-0.4, -0.2) is 12.1 Å². The van der Waals surface area contributed by atoms with E-state index in [0.717, 1.165) is 11.0 Å². The van der Waals surface area contributed by atoms with Crippen molar-refractivity contribution in [2.75, 3.05) is 7.11 Å². The molecule has 0 bridgehead atoms. The third-order valence-corrected chi connectivity index (χ3v) is 1.70. The highest BCUT2D eigenvalue weighted by Gasteiger charge is 1.92. The third kappa shape index (κ3) is 1.70. The van der Waals surface area contributed by atoms with Gasteiger partial charge in [-0.15, -0.1) is 0 Å². The van der Waals surface area contributed by atoms with Gasteiger partial charge in [-0.1, -0.05) is 22.0 Å². The fourth-order valence-electron chi connectivity index (χ4n) is 0.646. The van der Waals surface area contributed by atoms with E-state index in [0.29, 0.717) is 5.88 Å². The number of hydrogen-bond acceptors (Lipinski definition) is 2. The monoisotopic (exact) mass is 201 g/mol. The molecule has 0 saturated carbocycles. The van der Waals surface area contributed by atoms with E-state index in [1.54, 1.807) is 7.11 Å². The zero-order valence-electron chi connectivity index (χ0n) is 5.67. The van der Waals surface area contributed by atoms with E-state index in [1.165, 1.54) is 0 Å². The molecule has 0 aromatic carbocycles. The van der Waals surface area contributed by atoms with Crippen LogP contribution in [-0.2, 0) is 5.33 Å². The van der Waals surface area contributed by atoms with Gasteiger partial charge in [-0.05, 0) is 6.07 Å². The highest BCUT2D eigenvalue weighted by Crippen LogP contribution is 2.08. The number of hydrogen-bond donors (Lipinski definition) is 0. The molecule has 0 radical (unpaired) electrons. The minimum atomic E-state index is 0.664. The molecule has 1 aromatic heterocycles. The van der Waals surface area contributed by atoms with E-state index in [9.17, 15) is 0 Å². The standard InChI is InChI=1S/C7H8BrNO/c1-10-7-4-2-3-6(5-8)9-7/h2-4H,5H2,1H3. The second-order valence-electron chi connectivity index (χ2n) is 1.80. The number of methoxy groups -OCH3 is 1. The van der Waals surface area contributed by atoms with Crippen molar-refractivity contribution in [3.8, 4) is 5.88 Å². The smallest absolute Gasteiger partial charge is 0.213 e. The first kappa shape index (κ1) is 7.54. The molecule has 0 fully saturated rings. The molecule has 0 aliphatic heterocycles. The Kier molecular flexibility index (Phi) is 2.68. The van der Waals surface area contributed by atoms with Crippen LogP contribution < -0.4 is 4.74 Å². The average molecular weight is 202 g/mol. The highest BCUT2D eigenvalue weighted by molar-refractivity contribution is 9.08. The molecule has 2 nitrogen and oxygen atoms in total. The SMILES string of the molecule is COc1cccc(CBr)n1. The molecule has 0 N–H and O–H groups in total. The summed E-state index contributed by atoms with van der Waals surface area (Å²) >= 11 is 3.30. The first-order valence-corrected chi connectivity index (χ1v) is 4.05. The normalized spacial score (nSPS) is 9.40. The van der Waals surface area contributed by atoms with Gasteiger partial charge in [0, 0.05) is 11.4 Å². The maximum atomic E-state index is 4.92. The minimum absolute atomic E-state index is 0.664. The van der Waals surface area contributed by atoms with Gasteiger partial charge in [-0.3, -0.25) is 0 Å². The Bertz CT molecular complexity index is 195. The highest BCUT2D eigenvalue weighted by atomic mass is 79.9. The number of alkyl halides is 1. The Morgan fingerprint density at radius 3 is 3.00 bits per heavy atom.